The van der Waals surface area contributed by atoms with Crippen LogP contribution in [0.1, 0.15) is 47.4 Å². The molecule has 0 bridgehead atoms. The van der Waals surface area contributed by atoms with E-state index < -0.39 is 30.0 Å². The van der Waals surface area contributed by atoms with Gasteiger partial charge in [-0.15, -0.1) is 0 Å². The molecule has 1 aliphatic heterocycles. The third kappa shape index (κ3) is 7.02. The van der Waals surface area contributed by atoms with Gasteiger partial charge in [-0.3, -0.25) is 4.79 Å². The summed E-state index contributed by atoms with van der Waals surface area (Å²) in [5.41, 5.74) is 0.420. The van der Waals surface area contributed by atoms with Crippen molar-refractivity contribution in [3.63, 3.8) is 0 Å². The first-order valence-corrected chi connectivity index (χ1v) is 15.1. The lowest BCUT2D eigenvalue weighted by Crippen LogP contribution is -2.51. The van der Waals surface area contributed by atoms with Crippen LogP contribution in [0, 0.1) is 11.3 Å². The largest absolute Gasteiger partial charge is 0.493 e. The van der Waals surface area contributed by atoms with E-state index in [2.05, 4.69) is 31.2 Å². The molecule has 5 aromatic rings. The highest BCUT2D eigenvalue weighted by molar-refractivity contribution is 9.10. The van der Waals surface area contributed by atoms with E-state index in [1.54, 1.807) is 44.2 Å². The van der Waals surface area contributed by atoms with Crippen LogP contribution >= 0.6 is 15.9 Å². The Balaban J connectivity index is 0.000000223. The Kier molecular flexibility index (Phi) is 9.01. The molecule has 0 radical (unpaired) electrons. The summed E-state index contributed by atoms with van der Waals surface area (Å²) in [7, 11) is 0. The molecule has 3 heterocycles. The maximum atomic E-state index is 14.1. The highest BCUT2D eigenvalue weighted by Gasteiger charge is 2.56. The highest BCUT2D eigenvalue weighted by Crippen LogP contribution is 2.47. The second-order valence-corrected chi connectivity index (χ2v) is 12.7. The van der Waals surface area contributed by atoms with Crippen molar-refractivity contribution in [3.8, 4) is 11.8 Å². The third-order valence-electron chi connectivity index (χ3n) is 7.95. The summed E-state index contributed by atoms with van der Waals surface area (Å²) in [5.74, 6) is 0.415. The van der Waals surface area contributed by atoms with Gasteiger partial charge in [-0.05, 0) is 71.3 Å². The molecule has 4 N–H and O–H groups in total. The number of fused-ring (bicyclic) bond motifs is 3. The van der Waals surface area contributed by atoms with Crippen molar-refractivity contribution in [1.29, 1.82) is 5.26 Å². The second-order valence-electron chi connectivity index (χ2n) is 11.8. The molecule has 0 saturated heterocycles. The molecule has 1 amide bonds. The Morgan fingerprint density at radius 1 is 1.07 bits per heavy atom. The summed E-state index contributed by atoms with van der Waals surface area (Å²) >= 11 is 3.46. The first-order valence-electron chi connectivity index (χ1n) is 14.3. The number of H-pyrrole nitrogens is 2. The predicted octanol–water partition coefficient (Wildman–Crippen LogP) is 7.49. The predicted molar refractivity (Wildman–Crippen MR) is 170 cm³/mol. The van der Waals surface area contributed by atoms with Gasteiger partial charge >= 0.3 is 6.18 Å². The lowest BCUT2D eigenvalue weighted by atomic mass is 9.73. The Morgan fingerprint density at radius 3 is 2.56 bits per heavy atom. The SMILES string of the molecule is CC(C)(CC(O)(Cc1cc2ccccc2[nH]1)C(F)(F)F)c1cc(Br)cc2c1OCC2.N#CCNC(=O)c1ccc2[nH]ccc2c1. The molecule has 7 nitrogen and oxygen atoms in total. The molecule has 1 atom stereocenters. The number of aromatic amines is 2. The minimum atomic E-state index is -4.79. The molecule has 45 heavy (non-hydrogen) atoms. The molecule has 0 fully saturated rings. The zero-order valence-electron chi connectivity index (χ0n) is 24.7. The van der Waals surface area contributed by atoms with Crippen LogP contribution in [0.3, 0.4) is 0 Å². The maximum absolute atomic E-state index is 14.1. The third-order valence-corrected chi connectivity index (χ3v) is 8.41. The smallest absolute Gasteiger partial charge is 0.417 e. The Bertz CT molecular complexity index is 1860. The van der Waals surface area contributed by atoms with Crippen molar-refractivity contribution in [1.82, 2.24) is 15.3 Å². The number of hydrogen-bond acceptors (Lipinski definition) is 4. The number of nitrogens with one attached hydrogen (secondary N) is 3. The Morgan fingerprint density at radius 2 is 1.82 bits per heavy atom. The zero-order valence-corrected chi connectivity index (χ0v) is 26.3. The van der Waals surface area contributed by atoms with Gasteiger partial charge in [0.15, 0.2) is 5.60 Å². The Hall–Kier alpha value is -4.27. The van der Waals surface area contributed by atoms with Crippen molar-refractivity contribution in [2.75, 3.05) is 13.2 Å². The molecule has 1 aliphatic rings. The van der Waals surface area contributed by atoms with Crippen LogP contribution in [0.2, 0.25) is 0 Å². The molecule has 234 valence electrons. The lowest BCUT2D eigenvalue weighted by Gasteiger charge is -2.38. The number of halogens is 4. The fourth-order valence-corrected chi connectivity index (χ4v) is 6.33. The maximum Gasteiger partial charge on any atom is 0.417 e. The molecule has 3 aromatic carbocycles. The number of nitriles is 1. The number of aromatic nitrogens is 2. The van der Waals surface area contributed by atoms with Crippen LogP contribution in [0.5, 0.6) is 5.75 Å². The number of hydrogen-bond donors (Lipinski definition) is 4. The van der Waals surface area contributed by atoms with Crippen LogP contribution in [-0.4, -0.2) is 45.9 Å². The van der Waals surface area contributed by atoms with E-state index in [1.165, 1.54) is 0 Å². The van der Waals surface area contributed by atoms with Gasteiger partial charge in [0, 0.05) is 56.8 Å². The van der Waals surface area contributed by atoms with Gasteiger partial charge in [-0.25, -0.2) is 0 Å². The number of carbonyl (C=O) groups is 1. The van der Waals surface area contributed by atoms with E-state index in [4.69, 9.17) is 10.00 Å². The summed E-state index contributed by atoms with van der Waals surface area (Å²) in [6.07, 6.45) is -3.30. The van der Waals surface area contributed by atoms with Gasteiger partial charge in [0.2, 0.25) is 0 Å². The monoisotopic (exact) mass is 680 g/mol. The van der Waals surface area contributed by atoms with Crippen LogP contribution in [0.25, 0.3) is 21.8 Å². The number of rotatable bonds is 7. The van der Waals surface area contributed by atoms with E-state index >= 15 is 0 Å². The standard InChI is InChI=1S/C23H23BrF3NO2.C11H9N3O/c1-21(2,18-11-16(24)9-15-7-8-30-20(15)18)13-22(29,23(25,26)27)12-17-10-14-5-3-4-6-19(14)28-17;12-4-6-14-11(15)9-1-2-10-8(7-9)3-5-13-10/h3-6,9-11,28-29H,7-8,12-13H2,1-2H3;1-3,5,7,13H,6H2,(H,14,15). The van der Waals surface area contributed by atoms with Crippen molar-refractivity contribution in [2.24, 2.45) is 0 Å². The number of alkyl halides is 3. The van der Waals surface area contributed by atoms with E-state index in [0.717, 1.165) is 38.3 Å². The van der Waals surface area contributed by atoms with Crippen LogP contribution in [0.4, 0.5) is 13.2 Å². The minimum Gasteiger partial charge on any atom is -0.493 e. The summed E-state index contributed by atoms with van der Waals surface area (Å²) < 4.78 is 49.0. The van der Waals surface area contributed by atoms with Gasteiger partial charge in [0.25, 0.3) is 5.91 Å². The molecule has 0 spiro atoms. The number of benzene rings is 3. The topological polar surface area (TPSA) is 114 Å². The van der Waals surface area contributed by atoms with Gasteiger partial charge in [-0.1, -0.05) is 48.0 Å². The van der Waals surface area contributed by atoms with E-state index in [9.17, 15) is 23.1 Å². The first kappa shape index (κ1) is 32.1. The number of para-hydroxylation sites is 1. The van der Waals surface area contributed by atoms with Gasteiger partial charge < -0.3 is 25.1 Å². The van der Waals surface area contributed by atoms with Crippen molar-refractivity contribution >= 4 is 43.6 Å². The number of aliphatic hydroxyl groups is 1. The number of ether oxygens (including phenoxy) is 1. The average molecular weight is 682 g/mol. The summed E-state index contributed by atoms with van der Waals surface area (Å²) in [5, 5.41) is 23.6. The van der Waals surface area contributed by atoms with Crippen LogP contribution < -0.4 is 10.1 Å². The number of nitrogens with zero attached hydrogens (tertiary/aromatic N) is 1. The molecule has 11 heteroatoms. The molecule has 6 rings (SSSR count). The minimum absolute atomic E-state index is 0.0318. The van der Waals surface area contributed by atoms with Crippen molar-refractivity contribution in [3.05, 3.63) is 99.8 Å². The molecule has 1 unspecified atom stereocenters. The number of carbonyl (C=O) groups excluding carboxylic acids is 1. The van der Waals surface area contributed by atoms with Crippen molar-refractivity contribution in [2.45, 2.75) is 50.3 Å². The first-order chi connectivity index (χ1) is 21.3. The van der Waals surface area contributed by atoms with E-state index in [0.29, 0.717) is 29.2 Å². The van der Waals surface area contributed by atoms with Crippen LogP contribution in [-0.2, 0) is 18.3 Å². The zero-order chi connectivity index (χ0) is 32.4. The normalized spacial score (nSPS) is 14.2. The Labute approximate surface area is 266 Å². The fourth-order valence-electron chi connectivity index (χ4n) is 5.82. The van der Waals surface area contributed by atoms with Crippen LogP contribution in [0.15, 0.2) is 77.4 Å². The highest BCUT2D eigenvalue weighted by atomic mass is 79.9. The molecule has 0 aliphatic carbocycles. The number of amides is 1. The summed E-state index contributed by atoms with van der Waals surface area (Å²) in [4.78, 5) is 17.5. The van der Waals surface area contributed by atoms with Gasteiger partial charge in [0.05, 0.1) is 12.7 Å². The average Bonchev–Trinajstić information content (AvgIpc) is 3.73. The molecule has 2 aromatic heterocycles. The quantitative estimate of drug-likeness (QED) is 0.133. The second kappa shape index (κ2) is 12.6. The van der Waals surface area contributed by atoms with Crippen molar-refractivity contribution < 1.29 is 27.8 Å². The molecular formula is C34H32BrF3N4O3. The molecular weight excluding hydrogens is 649 g/mol. The summed E-state index contributed by atoms with van der Waals surface area (Å²) in [6, 6.07) is 21.8. The van der Waals surface area contributed by atoms with E-state index in [1.807, 2.05) is 48.7 Å². The van der Waals surface area contributed by atoms with Gasteiger partial charge in [0.1, 0.15) is 12.3 Å². The van der Waals surface area contributed by atoms with Gasteiger partial charge in [-0.2, -0.15) is 18.4 Å². The van der Waals surface area contributed by atoms with E-state index in [-0.39, 0.29) is 12.5 Å². The lowest BCUT2D eigenvalue weighted by molar-refractivity contribution is -0.266. The summed E-state index contributed by atoms with van der Waals surface area (Å²) in [6.45, 7) is 3.98. The molecule has 0 saturated carbocycles. The fraction of sp³-hybridized carbons (Fsp3) is 0.294.